The molecule has 0 spiro atoms. The first-order valence-electron chi connectivity index (χ1n) is 5.60. The van der Waals surface area contributed by atoms with Gasteiger partial charge in [0.2, 0.25) is 0 Å². The zero-order valence-electron chi connectivity index (χ0n) is 10.2. The van der Waals surface area contributed by atoms with E-state index in [1.54, 1.807) is 12.1 Å². The average Bonchev–Trinajstić information content (AvgIpc) is 2.33. The maximum atomic E-state index is 13.8. The Balaban J connectivity index is 2.31. The predicted molar refractivity (Wildman–Crippen MR) is 84.4 cm³/mol. The number of nitrogens with two attached hydrogens (primary N) is 1. The van der Waals surface area contributed by atoms with Crippen LogP contribution in [-0.4, -0.2) is 4.99 Å². The van der Waals surface area contributed by atoms with Crippen LogP contribution >= 0.6 is 28.1 Å². The molecule has 0 amide bonds. The van der Waals surface area contributed by atoms with E-state index in [0.717, 1.165) is 15.7 Å². The van der Waals surface area contributed by atoms with Crippen LogP contribution in [0, 0.1) is 12.7 Å². The molecule has 0 saturated carbocycles. The van der Waals surface area contributed by atoms with Crippen molar-refractivity contribution in [1.82, 2.24) is 0 Å². The first-order chi connectivity index (χ1) is 8.97. The Morgan fingerprint density at radius 3 is 2.63 bits per heavy atom. The molecule has 3 N–H and O–H groups in total. The van der Waals surface area contributed by atoms with Crippen molar-refractivity contribution >= 4 is 44.5 Å². The van der Waals surface area contributed by atoms with Crippen LogP contribution in [0.15, 0.2) is 40.9 Å². The highest BCUT2D eigenvalue weighted by molar-refractivity contribution is 9.10. The van der Waals surface area contributed by atoms with Gasteiger partial charge in [-0.3, -0.25) is 0 Å². The van der Waals surface area contributed by atoms with E-state index in [4.69, 9.17) is 18.0 Å². The largest absolute Gasteiger partial charge is 0.389 e. The SMILES string of the molecule is Cc1ccc(Br)c(Nc2ccc(C(N)=S)c(F)c2)c1. The number of nitrogens with one attached hydrogen (secondary N) is 1. The summed E-state index contributed by atoms with van der Waals surface area (Å²) in [7, 11) is 0. The number of aryl methyl sites for hydroxylation is 1. The normalized spacial score (nSPS) is 10.3. The fourth-order valence-corrected chi connectivity index (χ4v) is 2.19. The lowest BCUT2D eigenvalue weighted by atomic mass is 10.1. The van der Waals surface area contributed by atoms with Gasteiger partial charge >= 0.3 is 0 Å². The molecule has 0 unspecified atom stereocenters. The molecule has 2 aromatic rings. The van der Waals surface area contributed by atoms with Crippen LogP contribution in [0.5, 0.6) is 0 Å². The second-order valence-corrected chi connectivity index (χ2v) is 5.46. The maximum Gasteiger partial charge on any atom is 0.135 e. The van der Waals surface area contributed by atoms with Gasteiger partial charge in [-0.2, -0.15) is 0 Å². The molecule has 0 bridgehead atoms. The van der Waals surface area contributed by atoms with Crippen molar-refractivity contribution in [3.05, 3.63) is 57.8 Å². The quantitative estimate of drug-likeness (QED) is 0.820. The minimum absolute atomic E-state index is 0.0563. The summed E-state index contributed by atoms with van der Waals surface area (Å²) >= 11 is 8.22. The van der Waals surface area contributed by atoms with E-state index in [1.165, 1.54) is 6.07 Å². The Morgan fingerprint density at radius 2 is 2.00 bits per heavy atom. The zero-order chi connectivity index (χ0) is 14.0. The second-order valence-electron chi connectivity index (χ2n) is 4.17. The van der Waals surface area contributed by atoms with Crippen LogP contribution in [0.25, 0.3) is 0 Å². The van der Waals surface area contributed by atoms with Crippen LogP contribution < -0.4 is 11.1 Å². The smallest absolute Gasteiger partial charge is 0.135 e. The Bertz CT molecular complexity index is 643. The topological polar surface area (TPSA) is 38.0 Å². The van der Waals surface area contributed by atoms with Gasteiger partial charge in [0, 0.05) is 15.7 Å². The number of rotatable bonds is 3. The van der Waals surface area contributed by atoms with E-state index in [0.29, 0.717) is 5.69 Å². The van der Waals surface area contributed by atoms with E-state index >= 15 is 0 Å². The summed E-state index contributed by atoms with van der Waals surface area (Å²) in [5.41, 5.74) is 8.31. The molecule has 0 aliphatic heterocycles. The van der Waals surface area contributed by atoms with Gasteiger partial charge in [0.05, 0.1) is 5.69 Å². The lowest BCUT2D eigenvalue weighted by Crippen LogP contribution is -2.11. The van der Waals surface area contributed by atoms with Gasteiger partial charge in [-0.15, -0.1) is 0 Å². The van der Waals surface area contributed by atoms with Gasteiger partial charge in [0.15, 0.2) is 0 Å². The average molecular weight is 339 g/mol. The first kappa shape index (κ1) is 14.0. The number of benzene rings is 2. The molecule has 0 aliphatic rings. The summed E-state index contributed by atoms with van der Waals surface area (Å²) in [5, 5.41) is 3.15. The number of anilines is 2. The molecule has 0 aliphatic carbocycles. The Labute approximate surface area is 124 Å². The third-order valence-corrected chi connectivity index (χ3v) is 3.55. The van der Waals surface area contributed by atoms with Gasteiger partial charge in [-0.1, -0.05) is 18.3 Å². The summed E-state index contributed by atoms with van der Waals surface area (Å²) in [6, 6.07) is 10.6. The highest BCUT2D eigenvalue weighted by Crippen LogP contribution is 2.27. The van der Waals surface area contributed by atoms with Crippen LogP contribution in [0.4, 0.5) is 15.8 Å². The highest BCUT2D eigenvalue weighted by Gasteiger charge is 2.07. The van der Waals surface area contributed by atoms with Gasteiger partial charge in [0.1, 0.15) is 10.8 Å². The zero-order valence-corrected chi connectivity index (χ0v) is 12.6. The van der Waals surface area contributed by atoms with Crippen LogP contribution in [0.1, 0.15) is 11.1 Å². The van der Waals surface area contributed by atoms with Crippen molar-refractivity contribution in [3.63, 3.8) is 0 Å². The van der Waals surface area contributed by atoms with Crippen LogP contribution in [0.2, 0.25) is 0 Å². The molecular weight excluding hydrogens is 327 g/mol. The fraction of sp³-hybridized carbons (Fsp3) is 0.0714. The molecular formula is C14H12BrFN2S. The number of halogens is 2. The van der Waals surface area contributed by atoms with Crippen molar-refractivity contribution in [3.8, 4) is 0 Å². The van der Waals surface area contributed by atoms with E-state index < -0.39 is 5.82 Å². The molecule has 0 saturated heterocycles. The molecule has 0 heterocycles. The molecule has 2 aromatic carbocycles. The Morgan fingerprint density at radius 1 is 1.26 bits per heavy atom. The molecule has 2 rings (SSSR count). The van der Waals surface area contributed by atoms with Gasteiger partial charge in [-0.05, 0) is 58.7 Å². The molecule has 0 radical (unpaired) electrons. The fourth-order valence-electron chi connectivity index (χ4n) is 1.68. The first-order valence-corrected chi connectivity index (χ1v) is 6.80. The summed E-state index contributed by atoms with van der Waals surface area (Å²) < 4.78 is 14.7. The molecule has 2 nitrogen and oxygen atoms in total. The van der Waals surface area contributed by atoms with Crippen molar-refractivity contribution < 1.29 is 4.39 Å². The van der Waals surface area contributed by atoms with Gasteiger partial charge in [-0.25, -0.2) is 4.39 Å². The van der Waals surface area contributed by atoms with Crippen molar-refractivity contribution in [2.75, 3.05) is 5.32 Å². The summed E-state index contributed by atoms with van der Waals surface area (Å²) in [5.74, 6) is -0.429. The van der Waals surface area contributed by atoms with Crippen molar-refractivity contribution in [2.45, 2.75) is 6.92 Å². The van der Waals surface area contributed by atoms with Crippen LogP contribution in [-0.2, 0) is 0 Å². The standard InChI is InChI=1S/C14H12BrFN2S/c1-8-2-5-11(15)13(6-8)18-9-3-4-10(14(17)19)12(16)7-9/h2-7,18H,1H3,(H2,17,19). The third kappa shape index (κ3) is 3.30. The number of hydrogen-bond acceptors (Lipinski definition) is 2. The van der Waals surface area contributed by atoms with Crippen LogP contribution in [0.3, 0.4) is 0 Å². The summed E-state index contributed by atoms with van der Waals surface area (Å²) in [6.07, 6.45) is 0. The van der Waals surface area contributed by atoms with Gasteiger partial charge < -0.3 is 11.1 Å². The van der Waals surface area contributed by atoms with E-state index in [9.17, 15) is 4.39 Å². The lowest BCUT2D eigenvalue weighted by molar-refractivity contribution is 0.626. The minimum atomic E-state index is -0.429. The summed E-state index contributed by atoms with van der Waals surface area (Å²) in [6.45, 7) is 1.99. The third-order valence-electron chi connectivity index (χ3n) is 2.64. The second kappa shape index (κ2) is 5.67. The molecule has 98 valence electrons. The van der Waals surface area contributed by atoms with E-state index in [2.05, 4.69) is 21.2 Å². The Hall–Kier alpha value is -1.46. The molecule has 0 atom stereocenters. The van der Waals surface area contributed by atoms with E-state index in [-0.39, 0.29) is 10.6 Å². The minimum Gasteiger partial charge on any atom is -0.389 e. The molecule has 19 heavy (non-hydrogen) atoms. The van der Waals surface area contributed by atoms with Crippen molar-refractivity contribution in [1.29, 1.82) is 0 Å². The highest BCUT2D eigenvalue weighted by atomic mass is 79.9. The van der Waals surface area contributed by atoms with E-state index in [1.807, 2.05) is 25.1 Å². The number of hydrogen-bond donors (Lipinski definition) is 2. The van der Waals surface area contributed by atoms with Crippen molar-refractivity contribution in [2.24, 2.45) is 5.73 Å². The Kier molecular flexibility index (Phi) is 4.17. The number of thiocarbonyl (C=S) groups is 1. The maximum absolute atomic E-state index is 13.8. The molecule has 0 fully saturated rings. The monoisotopic (exact) mass is 338 g/mol. The lowest BCUT2D eigenvalue weighted by Gasteiger charge is -2.10. The van der Waals surface area contributed by atoms with Gasteiger partial charge in [0.25, 0.3) is 0 Å². The molecule has 5 heteroatoms. The molecule has 0 aromatic heterocycles. The predicted octanol–water partition coefficient (Wildman–Crippen LogP) is 4.27. The summed E-state index contributed by atoms with van der Waals surface area (Å²) in [4.78, 5) is 0.0563.